The Hall–Kier alpha value is -0.344. The predicted molar refractivity (Wildman–Crippen MR) is 50.0 cm³/mol. The van der Waals surface area contributed by atoms with Crippen LogP contribution < -0.4 is 4.90 Å². The summed E-state index contributed by atoms with van der Waals surface area (Å²) in [6, 6.07) is 10.5. The molecule has 0 saturated carbocycles. The quantitative estimate of drug-likeness (QED) is 0.818. The molecule has 0 radical (unpaired) electrons. The zero-order valence-corrected chi connectivity index (χ0v) is 10.1. The second-order valence-electron chi connectivity index (χ2n) is 2.51. The van der Waals surface area contributed by atoms with Crippen LogP contribution in [0.25, 0.3) is 0 Å². The summed E-state index contributed by atoms with van der Waals surface area (Å²) in [5, 5.41) is 0. The Kier molecular flexibility index (Phi) is 6.03. The van der Waals surface area contributed by atoms with E-state index in [1.54, 1.807) is 0 Å². The van der Waals surface area contributed by atoms with Gasteiger partial charge in [0.2, 0.25) is 0 Å². The maximum Gasteiger partial charge on any atom is 4.00 e. The Morgan fingerprint density at radius 3 is 1.92 bits per heavy atom. The minimum atomic E-state index is 0. The van der Waals surface area contributed by atoms with Gasteiger partial charge in [-0.1, -0.05) is 18.2 Å². The van der Waals surface area contributed by atoms with Crippen molar-refractivity contribution in [1.29, 1.82) is 0 Å². The van der Waals surface area contributed by atoms with Gasteiger partial charge in [0.1, 0.15) is 0 Å². The van der Waals surface area contributed by atoms with Crippen molar-refractivity contribution in [1.82, 2.24) is 0 Å². The van der Waals surface area contributed by atoms with Gasteiger partial charge in [-0.15, -0.1) is 0 Å². The van der Waals surface area contributed by atoms with E-state index in [-0.39, 0.29) is 19.8 Å². The van der Waals surface area contributed by atoms with Gasteiger partial charge < -0.3 is 4.90 Å². The zero-order chi connectivity index (χ0) is 8.10. The van der Waals surface area contributed by atoms with Crippen molar-refractivity contribution in [2.75, 3.05) is 18.0 Å². The number of para-hydroxylation sites is 1. The topological polar surface area (TPSA) is 3.24 Å². The zero-order valence-electron chi connectivity index (χ0n) is 7.60. The standard InChI is InChI=1S/C10H15N.Os/c1-3-11(4-2)10-8-6-5-7-9-10;/h5-9H,3-4H2,1-2H3;/q;+4. The molecule has 0 saturated heterocycles. The van der Waals surface area contributed by atoms with E-state index in [2.05, 4.69) is 43.0 Å². The molecule has 0 N–H and O–H groups in total. The fourth-order valence-electron chi connectivity index (χ4n) is 1.23. The summed E-state index contributed by atoms with van der Waals surface area (Å²) in [6.07, 6.45) is 0. The van der Waals surface area contributed by atoms with E-state index < -0.39 is 0 Å². The van der Waals surface area contributed by atoms with E-state index in [4.69, 9.17) is 0 Å². The molecule has 0 aliphatic rings. The van der Waals surface area contributed by atoms with Gasteiger partial charge in [-0.2, -0.15) is 0 Å². The Morgan fingerprint density at radius 2 is 1.50 bits per heavy atom. The Labute approximate surface area is 87.8 Å². The van der Waals surface area contributed by atoms with Gasteiger partial charge in [-0.25, -0.2) is 0 Å². The average Bonchev–Trinajstić information content (AvgIpc) is 2.09. The summed E-state index contributed by atoms with van der Waals surface area (Å²) in [6.45, 7) is 6.52. The summed E-state index contributed by atoms with van der Waals surface area (Å²) in [4.78, 5) is 2.33. The van der Waals surface area contributed by atoms with E-state index in [0.29, 0.717) is 0 Å². The molecule has 2 heteroatoms. The molecule has 0 fully saturated rings. The summed E-state index contributed by atoms with van der Waals surface area (Å²) >= 11 is 0. The van der Waals surface area contributed by atoms with Crippen LogP contribution in [0.1, 0.15) is 13.8 Å². The molecule has 1 aromatic carbocycles. The molecule has 0 unspecified atom stereocenters. The number of rotatable bonds is 3. The molecular formula is C10H15NOs+4. The summed E-state index contributed by atoms with van der Waals surface area (Å²) in [5.74, 6) is 0. The molecule has 1 rings (SSSR count). The molecule has 0 bridgehead atoms. The first kappa shape index (κ1) is 11.7. The average molecular weight is 339 g/mol. The van der Waals surface area contributed by atoms with Gasteiger partial charge in [0.05, 0.1) is 0 Å². The minimum Gasteiger partial charge on any atom is -0.372 e. The first-order chi connectivity index (χ1) is 5.38. The van der Waals surface area contributed by atoms with E-state index in [9.17, 15) is 0 Å². The van der Waals surface area contributed by atoms with Crippen molar-refractivity contribution in [2.24, 2.45) is 0 Å². The van der Waals surface area contributed by atoms with E-state index >= 15 is 0 Å². The van der Waals surface area contributed by atoms with Crippen LogP contribution in [0.4, 0.5) is 5.69 Å². The van der Waals surface area contributed by atoms with Gasteiger partial charge in [0, 0.05) is 18.8 Å². The van der Waals surface area contributed by atoms with Crippen molar-refractivity contribution in [3.63, 3.8) is 0 Å². The third-order valence-corrected chi connectivity index (χ3v) is 1.88. The van der Waals surface area contributed by atoms with Crippen LogP contribution in [0.5, 0.6) is 0 Å². The first-order valence-corrected chi connectivity index (χ1v) is 4.18. The third kappa shape index (κ3) is 2.95. The second-order valence-corrected chi connectivity index (χ2v) is 2.51. The van der Waals surface area contributed by atoms with Crippen molar-refractivity contribution in [3.05, 3.63) is 30.3 Å². The number of nitrogens with zero attached hydrogens (tertiary/aromatic N) is 1. The van der Waals surface area contributed by atoms with Crippen LogP contribution in [-0.2, 0) is 19.8 Å². The Balaban J connectivity index is 0.00000121. The van der Waals surface area contributed by atoms with Gasteiger partial charge in [-0.05, 0) is 26.0 Å². The summed E-state index contributed by atoms with van der Waals surface area (Å²) in [5.41, 5.74) is 1.32. The maximum absolute atomic E-state index is 2.33. The van der Waals surface area contributed by atoms with Crippen LogP contribution in [0.2, 0.25) is 0 Å². The van der Waals surface area contributed by atoms with Gasteiger partial charge in [0.25, 0.3) is 0 Å². The number of hydrogen-bond acceptors (Lipinski definition) is 1. The van der Waals surface area contributed by atoms with Crippen LogP contribution in [0, 0.1) is 0 Å². The van der Waals surface area contributed by atoms with E-state index in [0.717, 1.165) is 13.1 Å². The Bertz CT molecular complexity index is 194. The smallest absolute Gasteiger partial charge is 0.372 e. The number of benzene rings is 1. The number of hydrogen-bond donors (Lipinski definition) is 0. The summed E-state index contributed by atoms with van der Waals surface area (Å²) < 4.78 is 0. The normalized spacial score (nSPS) is 8.83. The van der Waals surface area contributed by atoms with Crippen molar-refractivity contribution < 1.29 is 19.8 Å². The molecular weight excluding hydrogens is 324 g/mol. The third-order valence-electron chi connectivity index (χ3n) is 1.88. The van der Waals surface area contributed by atoms with Gasteiger partial charge >= 0.3 is 19.8 Å². The first-order valence-electron chi connectivity index (χ1n) is 4.18. The molecule has 0 amide bonds. The molecule has 0 aliphatic carbocycles. The fraction of sp³-hybridized carbons (Fsp3) is 0.400. The van der Waals surface area contributed by atoms with Crippen LogP contribution >= 0.6 is 0 Å². The molecule has 1 nitrogen and oxygen atoms in total. The summed E-state index contributed by atoms with van der Waals surface area (Å²) in [7, 11) is 0. The second kappa shape index (κ2) is 6.20. The fourth-order valence-corrected chi connectivity index (χ4v) is 1.23. The monoisotopic (exact) mass is 341 g/mol. The van der Waals surface area contributed by atoms with Crippen LogP contribution in [-0.4, -0.2) is 13.1 Å². The van der Waals surface area contributed by atoms with Crippen molar-refractivity contribution >= 4 is 5.69 Å². The van der Waals surface area contributed by atoms with Crippen molar-refractivity contribution in [2.45, 2.75) is 13.8 Å². The molecule has 0 heterocycles. The molecule has 0 aromatic heterocycles. The van der Waals surface area contributed by atoms with Gasteiger partial charge in [0.15, 0.2) is 0 Å². The molecule has 1 aromatic rings. The molecule has 12 heavy (non-hydrogen) atoms. The molecule has 0 spiro atoms. The molecule has 0 atom stereocenters. The minimum absolute atomic E-state index is 0. The largest absolute Gasteiger partial charge is 4.00 e. The van der Waals surface area contributed by atoms with Crippen molar-refractivity contribution in [3.8, 4) is 0 Å². The van der Waals surface area contributed by atoms with E-state index in [1.165, 1.54) is 5.69 Å². The Morgan fingerprint density at radius 1 is 1.00 bits per heavy atom. The molecule has 0 aliphatic heterocycles. The predicted octanol–water partition coefficient (Wildman–Crippen LogP) is 2.53. The SMILES string of the molecule is CCN(CC)c1ccccc1.[Os+4]. The van der Waals surface area contributed by atoms with Crippen LogP contribution in [0.3, 0.4) is 0 Å². The number of anilines is 1. The molecule has 64 valence electrons. The van der Waals surface area contributed by atoms with Gasteiger partial charge in [-0.3, -0.25) is 0 Å². The maximum atomic E-state index is 2.33. The van der Waals surface area contributed by atoms with Crippen LogP contribution in [0.15, 0.2) is 30.3 Å². The van der Waals surface area contributed by atoms with E-state index in [1.807, 2.05) is 6.07 Å².